The molecule has 0 aliphatic rings. The standard InChI is InChI=1S/C14H9F2NO3/c15-11-5-4-10(7-12(11)16)17-13(18)8-2-1-3-9(6-8)14(19)20/h1-7H,(H,17,18)(H,19,20). The van der Waals surface area contributed by atoms with E-state index in [-0.39, 0.29) is 16.8 Å². The van der Waals surface area contributed by atoms with Crippen molar-refractivity contribution in [1.29, 1.82) is 0 Å². The minimum absolute atomic E-state index is 0.0389. The Labute approximate surface area is 112 Å². The third-order valence-corrected chi connectivity index (χ3v) is 2.55. The molecule has 0 aliphatic carbocycles. The minimum Gasteiger partial charge on any atom is -0.478 e. The maximum absolute atomic E-state index is 13.0. The molecule has 0 unspecified atom stereocenters. The van der Waals surface area contributed by atoms with E-state index in [0.717, 1.165) is 12.1 Å². The van der Waals surface area contributed by atoms with Gasteiger partial charge in [0.15, 0.2) is 11.6 Å². The number of carboxylic acid groups (broad SMARTS) is 1. The average Bonchev–Trinajstić information content (AvgIpc) is 2.43. The van der Waals surface area contributed by atoms with Crippen LogP contribution in [-0.4, -0.2) is 17.0 Å². The molecule has 2 aromatic carbocycles. The van der Waals surface area contributed by atoms with E-state index in [9.17, 15) is 18.4 Å². The molecular formula is C14H9F2NO3. The number of carboxylic acids is 1. The topological polar surface area (TPSA) is 66.4 Å². The van der Waals surface area contributed by atoms with Gasteiger partial charge in [-0.3, -0.25) is 4.79 Å². The van der Waals surface area contributed by atoms with Gasteiger partial charge in [0, 0.05) is 17.3 Å². The van der Waals surface area contributed by atoms with Crippen molar-refractivity contribution in [1.82, 2.24) is 0 Å². The fraction of sp³-hybridized carbons (Fsp3) is 0. The molecule has 20 heavy (non-hydrogen) atoms. The van der Waals surface area contributed by atoms with Gasteiger partial charge in [0.2, 0.25) is 0 Å². The van der Waals surface area contributed by atoms with Crippen LogP contribution in [0.3, 0.4) is 0 Å². The Hall–Kier alpha value is -2.76. The first-order chi connectivity index (χ1) is 9.47. The van der Waals surface area contributed by atoms with E-state index in [4.69, 9.17) is 5.11 Å². The predicted octanol–water partition coefficient (Wildman–Crippen LogP) is 2.92. The second kappa shape index (κ2) is 5.48. The largest absolute Gasteiger partial charge is 0.478 e. The smallest absolute Gasteiger partial charge is 0.335 e. The van der Waals surface area contributed by atoms with Crippen molar-refractivity contribution in [3.8, 4) is 0 Å². The molecule has 0 spiro atoms. The molecular weight excluding hydrogens is 268 g/mol. The molecule has 6 heteroatoms. The van der Waals surface area contributed by atoms with Crippen molar-refractivity contribution in [3.63, 3.8) is 0 Å². The van der Waals surface area contributed by atoms with Gasteiger partial charge < -0.3 is 10.4 Å². The molecule has 4 nitrogen and oxygen atoms in total. The second-order valence-electron chi connectivity index (χ2n) is 3.97. The molecule has 2 aromatic rings. The lowest BCUT2D eigenvalue weighted by Crippen LogP contribution is -2.13. The summed E-state index contributed by atoms with van der Waals surface area (Å²) in [4.78, 5) is 22.7. The first-order valence-electron chi connectivity index (χ1n) is 5.57. The normalized spacial score (nSPS) is 10.1. The van der Waals surface area contributed by atoms with Gasteiger partial charge in [0.1, 0.15) is 0 Å². The first-order valence-corrected chi connectivity index (χ1v) is 5.57. The van der Waals surface area contributed by atoms with Gasteiger partial charge in [-0.1, -0.05) is 6.07 Å². The van der Waals surface area contributed by atoms with Crippen LogP contribution in [0.25, 0.3) is 0 Å². The highest BCUT2D eigenvalue weighted by molar-refractivity contribution is 6.05. The molecule has 0 aliphatic heterocycles. The van der Waals surface area contributed by atoms with Crippen LogP contribution < -0.4 is 5.32 Å². The number of anilines is 1. The van der Waals surface area contributed by atoms with Crippen molar-refractivity contribution in [2.24, 2.45) is 0 Å². The van der Waals surface area contributed by atoms with Gasteiger partial charge in [-0.25, -0.2) is 13.6 Å². The zero-order valence-electron chi connectivity index (χ0n) is 10.1. The number of carbonyl (C=O) groups is 2. The van der Waals surface area contributed by atoms with Crippen LogP contribution in [-0.2, 0) is 0 Å². The fourth-order valence-corrected chi connectivity index (χ4v) is 1.57. The van der Waals surface area contributed by atoms with Crippen molar-refractivity contribution in [2.75, 3.05) is 5.32 Å². The van der Waals surface area contributed by atoms with E-state index in [2.05, 4.69) is 5.32 Å². The number of amides is 1. The summed E-state index contributed by atoms with van der Waals surface area (Å²) in [5, 5.41) is 11.2. The summed E-state index contributed by atoms with van der Waals surface area (Å²) < 4.78 is 25.7. The molecule has 2 rings (SSSR count). The number of aromatic carboxylic acids is 1. The van der Waals surface area contributed by atoms with E-state index < -0.39 is 23.5 Å². The van der Waals surface area contributed by atoms with Crippen LogP contribution in [0.1, 0.15) is 20.7 Å². The van der Waals surface area contributed by atoms with Crippen LogP contribution in [0.15, 0.2) is 42.5 Å². The number of hydrogen-bond acceptors (Lipinski definition) is 2. The lowest BCUT2D eigenvalue weighted by Gasteiger charge is -2.06. The molecule has 0 bridgehead atoms. The summed E-state index contributed by atoms with van der Waals surface area (Å²) in [5.74, 6) is -3.87. The average molecular weight is 277 g/mol. The number of carbonyl (C=O) groups excluding carboxylic acids is 1. The first kappa shape index (κ1) is 13.7. The monoisotopic (exact) mass is 277 g/mol. The number of halogens is 2. The Morgan fingerprint density at radius 2 is 1.65 bits per heavy atom. The van der Waals surface area contributed by atoms with E-state index in [1.54, 1.807) is 0 Å². The van der Waals surface area contributed by atoms with Gasteiger partial charge in [-0.2, -0.15) is 0 Å². The third-order valence-electron chi connectivity index (χ3n) is 2.55. The molecule has 0 saturated heterocycles. The van der Waals surface area contributed by atoms with Gasteiger partial charge >= 0.3 is 5.97 Å². The summed E-state index contributed by atoms with van der Waals surface area (Å²) in [6.07, 6.45) is 0. The summed E-state index contributed by atoms with van der Waals surface area (Å²) in [6, 6.07) is 8.31. The predicted molar refractivity (Wildman–Crippen MR) is 67.7 cm³/mol. The number of rotatable bonds is 3. The highest BCUT2D eigenvalue weighted by Crippen LogP contribution is 2.15. The molecule has 1 amide bonds. The quantitative estimate of drug-likeness (QED) is 0.906. The summed E-state index contributed by atoms with van der Waals surface area (Å²) in [5.41, 5.74) is 0.146. The summed E-state index contributed by atoms with van der Waals surface area (Å²) in [6.45, 7) is 0. The Balaban J connectivity index is 2.21. The number of nitrogens with one attached hydrogen (secondary N) is 1. The Morgan fingerprint density at radius 3 is 2.30 bits per heavy atom. The van der Waals surface area contributed by atoms with Gasteiger partial charge in [-0.15, -0.1) is 0 Å². The summed E-state index contributed by atoms with van der Waals surface area (Å²) in [7, 11) is 0. The molecule has 0 atom stereocenters. The SMILES string of the molecule is O=C(O)c1cccc(C(=O)Nc2ccc(F)c(F)c2)c1. The highest BCUT2D eigenvalue weighted by Gasteiger charge is 2.11. The van der Waals surface area contributed by atoms with E-state index in [0.29, 0.717) is 0 Å². The van der Waals surface area contributed by atoms with Gasteiger partial charge in [-0.05, 0) is 30.3 Å². The van der Waals surface area contributed by atoms with Crippen molar-refractivity contribution in [3.05, 3.63) is 65.2 Å². The number of benzene rings is 2. The second-order valence-corrected chi connectivity index (χ2v) is 3.97. The minimum atomic E-state index is -1.16. The van der Waals surface area contributed by atoms with Crippen molar-refractivity contribution >= 4 is 17.6 Å². The highest BCUT2D eigenvalue weighted by atomic mass is 19.2. The molecule has 2 N–H and O–H groups in total. The van der Waals surface area contributed by atoms with Crippen LogP contribution in [0.4, 0.5) is 14.5 Å². The van der Waals surface area contributed by atoms with E-state index in [1.807, 2.05) is 0 Å². The maximum atomic E-state index is 13.0. The van der Waals surface area contributed by atoms with Gasteiger partial charge in [0.25, 0.3) is 5.91 Å². The molecule has 0 heterocycles. The lowest BCUT2D eigenvalue weighted by atomic mass is 10.1. The maximum Gasteiger partial charge on any atom is 0.335 e. The number of hydrogen-bond donors (Lipinski definition) is 2. The molecule has 102 valence electrons. The van der Waals surface area contributed by atoms with Crippen LogP contribution in [0, 0.1) is 11.6 Å². The van der Waals surface area contributed by atoms with Crippen LogP contribution in [0.5, 0.6) is 0 Å². The molecule has 0 fully saturated rings. The van der Waals surface area contributed by atoms with Crippen molar-refractivity contribution < 1.29 is 23.5 Å². The lowest BCUT2D eigenvalue weighted by molar-refractivity contribution is 0.0697. The molecule has 0 saturated carbocycles. The van der Waals surface area contributed by atoms with Crippen molar-refractivity contribution in [2.45, 2.75) is 0 Å². The summed E-state index contributed by atoms with van der Waals surface area (Å²) >= 11 is 0. The third kappa shape index (κ3) is 2.97. The Kier molecular flexibility index (Phi) is 3.74. The van der Waals surface area contributed by atoms with E-state index in [1.165, 1.54) is 30.3 Å². The van der Waals surface area contributed by atoms with Crippen LogP contribution in [0.2, 0.25) is 0 Å². The van der Waals surface area contributed by atoms with E-state index >= 15 is 0 Å². The zero-order chi connectivity index (χ0) is 14.7. The molecule has 0 radical (unpaired) electrons. The molecule has 0 aromatic heterocycles. The van der Waals surface area contributed by atoms with Crippen LogP contribution >= 0.6 is 0 Å². The Morgan fingerprint density at radius 1 is 0.950 bits per heavy atom. The van der Waals surface area contributed by atoms with Gasteiger partial charge in [0.05, 0.1) is 5.56 Å². The fourth-order valence-electron chi connectivity index (χ4n) is 1.57. The Bertz CT molecular complexity index is 686. The zero-order valence-corrected chi connectivity index (χ0v) is 10.1.